The molecule has 1 fully saturated rings. The molecule has 1 aliphatic heterocycles. The maximum atomic E-state index is 12.9. The highest BCUT2D eigenvalue weighted by molar-refractivity contribution is 7.89. The van der Waals surface area contributed by atoms with E-state index in [1.54, 1.807) is 16.4 Å². The normalized spacial score (nSPS) is 23.8. The average Bonchev–Trinajstić information content (AvgIpc) is 2.38. The number of nitrogens with zero attached hydrogens (tertiary/aromatic N) is 1. The van der Waals surface area contributed by atoms with Crippen molar-refractivity contribution in [1.82, 2.24) is 4.31 Å². The molecular weight excluding hydrogens is 282 g/mol. The molecule has 0 unspecified atom stereocenters. The van der Waals surface area contributed by atoms with Gasteiger partial charge in [-0.1, -0.05) is 36.3 Å². The molecule has 0 radical (unpaired) electrons. The van der Waals surface area contributed by atoms with Crippen molar-refractivity contribution in [2.24, 2.45) is 5.92 Å². The average molecular weight is 307 g/mol. The second-order valence-electron chi connectivity index (χ2n) is 6.37. The lowest BCUT2D eigenvalue weighted by Gasteiger charge is -2.36. The van der Waals surface area contributed by atoms with Gasteiger partial charge in [-0.2, -0.15) is 4.31 Å². The number of rotatable bonds is 3. The van der Waals surface area contributed by atoms with Gasteiger partial charge in [-0.3, -0.25) is 0 Å². The number of hydrogen-bond acceptors (Lipinski definition) is 2. The lowest BCUT2D eigenvalue weighted by atomic mass is 9.93. The molecule has 0 bridgehead atoms. The highest BCUT2D eigenvalue weighted by Crippen LogP contribution is 2.29. The largest absolute Gasteiger partial charge is 0.243 e. The van der Waals surface area contributed by atoms with Crippen LogP contribution in [0.2, 0.25) is 0 Å². The summed E-state index contributed by atoms with van der Waals surface area (Å²) in [5, 5.41) is 0. The standard InChI is InChI=1S/C17H25NO2S/c1-13(2)11-16-12-15(4)9-10-18(16)21(19,20)17-7-5-14(3)6-8-17/h5-8,11,15-16H,9-10,12H2,1-4H3/t15-,16-/m1/s1. The molecule has 0 N–H and O–H groups in total. The van der Waals surface area contributed by atoms with Crippen LogP contribution in [0.25, 0.3) is 0 Å². The van der Waals surface area contributed by atoms with Crippen LogP contribution in [0.1, 0.15) is 39.2 Å². The molecule has 3 nitrogen and oxygen atoms in total. The van der Waals surface area contributed by atoms with Gasteiger partial charge < -0.3 is 0 Å². The van der Waals surface area contributed by atoms with Crippen LogP contribution >= 0.6 is 0 Å². The van der Waals surface area contributed by atoms with Crippen LogP contribution in [-0.2, 0) is 10.0 Å². The number of piperidine rings is 1. The van der Waals surface area contributed by atoms with Gasteiger partial charge in [0.15, 0.2) is 0 Å². The van der Waals surface area contributed by atoms with E-state index in [4.69, 9.17) is 0 Å². The van der Waals surface area contributed by atoms with Crippen molar-refractivity contribution in [1.29, 1.82) is 0 Å². The predicted octanol–water partition coefficient (Wildman–Crippen LogP) is 3.75. The fourth-order valence-corrected chi connectivity index (χ4v) is 4.44. The molecule has 0 saturated carbocycles. The Morgan fingerprint density at radius 1 is 1.24 bits per heavy atom. The zero-order chi connectivity index (χ0) is 15.6. The minimum absolute atomic E-state index is 0.0231. The fourth-order valence-electron chi connectivity index (χ4n) is 2.84. The van der Waals surface area contributed by atoms with Gasteiger partial charge in [0.1, 0.15) is 0 Å². The van der Waals surface area contributed by atoms with E-state index < -0.39 is 10.0 Å². The van der Waals surface area contributed by atoms with Crippen molar-refractivity contribution in [3.8, 4) is 0 Å². The van der Waals surface area contributed by atoms with E-state index in [0.717, 1.165) is 18.4 Å². The highest BCUT2D eigenvalue weighted by atomic mass is 32.2. The Labute approximate surface area is 128 Å². The molecule has 21 heavy (non-hydrogen) atoms. The molecule has 0 aliphatic carbocycles. The molecule has 1 aromatic rings. The van der Waals surface area contributed by atoms with Crippen molar-refractivity contribution < 1.29 is 8.42 Å². The Bertz CT molecular complexity index is 613. The Balaban J connectivity index is 2.36. The van der Waals surface area contributed by atoms with Crippen LogP contribution in [0.5, 0.6) is 0 Å². The molecule has 1 aliphatic rings. The summed E-state index contributed by atoms with van der Waals surface area (Å²) in [7, 11) is -3.41. The molecule has 4 heteroatoms. The van der Waals surface area contributed by atoms with E-state index >= 15 is 0 Å². The first-order valence-corrected chi connectivity index (χ1v) is 8.98. The van der Waals surface area contributed by atoms with Gasteiger partial charge in [0.05, 0.1) is 4.90 Å². The minimum Gasteiger partial charge on any atom is -0.207 e. The van der Waals surface area contributed by atoms with Crippen LogP contribution in [0.15, 0.2) is 40.8 Å². The van der Waals surface area contributed by atoms with Gasteiger partial charge in [-0.05, 0) is 51.7 Å². The van der Waals surface area contributed by atoms with E-state index in [1.807, 2.05) is 32.9 Å². The molecule has 0 amide bonds. The van der Waals surface area contributed by atoms with Crippen LogP contribution in [0.3, 0.4) is 0 Å². The lowest BCUT2D eigenvalue weighted by Crippen LogP contribution is -2.44. The molecule has 116 valence electrons. The molecule has 2 rings (SSSR count). The van der Waals surface area contributed by atoms with Gasteiger partial charge in [0.25, 0.3) is 0 Å². The number of allylic oxidation sites excluding steroid dienone is 1. The number of aryl methyl sites for hydroxylation is 1. The summed E-state index contributed by atoms with van der Waals surface area (Å²) in [6.07, 6.45) is 3.91. The molecule has 2 atom stereocenters. The Kier molecular flexibility index (Phi) is 4.89. The van der Waals surface area contributed by atoms with Crippen molar-refractivity contribution in [2.45, 2.75) is 51.5 Å². The maximum Gasteiger partial charge on any atom is 0.243 e. The fraction of sp³-hybridized carbons (Fsp3) is 0.529. The quantitative estimate of drug-likeness (QED) is 0.798. The van der Waals surface area contributed by atoms with Crippen molar-refractivity contribution >= 4 is 10.0 Å². The minimum atomic E-state index is -3.41. The van der Waals surface area contributed by atoms with Crippen LogP contribution < -0.4 is 0 Å². The predicted molar refractivity (Wildman–Crippen MR) is 86.7 cm³/mol. The summed E-state index contributed by atoms with van der Waals surface area (Å²) in [4.78, 5) is 0.398. The van der Waals surface area contributed by atoms with Gasteiger partial charge >= 0.3 is 0 Å². The monoisotopic (exact) mass is 307 g/mol. The van der Waals surface area contributed by atoms with Crippen molar-refractivity contribution in [2.75, 3.05) is 6.54 Å². The second kappa shape index (κ2) is 6.32. The van der Waals surface area contributed by atoms with E-state index in [-0.39, 0.29) is 6.04 Å². The van der Waals surface area contributed by atoms with E-state index in [1.165, 1.54) is 5.57 Å². The van der Waals surface area contributed by atoms with Crippen molar-refractivity contribution in [3.63, 3.8) is 0 Å². The summed E-state index contributed by atoms with van der Waals surface area (Å²) >= 11 is 0. The van der Waals surface area contributed by atoms with Gasteiger partial charge in [0.2, 0.25) is 10.0 Å². The Hall–Kier alpha value is -1.13. The summed E-state index contributed by atoms with van der Waals surface area (Å²) in [6, 6.07) is 7.11. The Morgan fingerprint density at radius 3 is 2.43 bits per heavy atom. The number of hydrogen-bond donors (Lipinski definition) is 0. The van der Waals surface area contributed by atoms with E-state index in [2.05, 4.69) is 13.0 Å². The van der Waals surface area contributed by atoms with Gasteiger partial charge in [0, 0.05) is 12.6 Å². The van der Waals surface area contributed by atoms with E-state index in [9.17, 15) is 8.42 Å². The van der Waals surface area contributed by atoms with Crippen molar-refractivity contribution in [3.05, 3.63) is 41.5 Å². The first-order valence-electron chi connectivity index (χ1n) is 7.54. The Morgan fingerprint density at radius 2 is 1.86 bits per heavy atom. The topological polar surface area (TPSA) is 37.4 Å². The molecule has 0 aromatic heterocycles. The molecule has 1 heterocycles. The zero-order valence-electron chi connectivity index (χ0n) is 13.3. The summed E-state index contributed by atoms with van der Waals surface area (Å²) in [6.45, 7) is 8.81. The molecule has 1 saturated heterocycles. The number of benzene rings is 1. The van der Waals surface area contributed by atoms with Crippen LogP contribution in [0.4, 0.5) is 0 Å². The SMILES string of the molecule is CC(C)=C[C@@H]1C[C@H](C)CCN1S(=O)(=O)c1ccc(C)cc1. The molecule has 0 spiro atoms. The lowest BCUT2D eigenvalue weighted by molar-refractivity contribution is 0.239. The first-order chi connectivity index (χ1) is 9.80. The highest BCUT2D eigenvalue weighted by Gasteiger charge is 2.34. The number of sulfonamides is 1. The zero-order valence-corrected chi connectivity index (χ0v) is 14.2. The molecule has 1 aromatic carbocycles. The third-order valence-corrected chi connectivity index (χ3v) is 5.95. The maximum absolute atomic E-state index is 12.9. The summed E-state index contributed by atoms with van der Waals surface area (Å²) in [5.41, 5.74) is 2.24. The van der Waals surface area contributed by atoms with Gasteiger partial charge in [-0.15, -0.1) is 0 Å². The van der Waals surface area contributed by atoms with Crippen LogP contribution in [-0.4, -0.2) is 25.3 Å². The smallest absolute Gasteiger partial charge is 0.207 e. The summed E-state index contributed by atoms with van der Waals surface area (Å²) < 4.78 is 27.5. The summed E-state index contributed by atoms with van der Waals surface area (Å²) in [5.74, 6) is 0.565. The third-order valence-electron chi connectivity index (χ3n) is 4.01. The first kappa shape index (κ1) is 16.2. The molecular formula is C17H25NO2S. The second-order valence-corrected chi connectivity index (χ2v) is 8.26. The third kappa shape index (κ3) is 3.74. The van der Waals surface area contributed by atoms with E-state index in [0.29, 0.717) is 17.4 Å². The van der Waals surface area contributed by atoms with Crippen LogP contribution in [0, 0.1) is 12.8 Å². The van der Waals surface area contributed by atoms with Gasteiger partial charge in [-0.25, -0.2) is 8.42 Å².